The lowest BCUT2D eigenvalue weighted by Gasteiger charge is -2.44. The minimum atomic E-state index is -0.681. The maximum Gasteiger partial charge on any atom is 0.287 e. The van der Waals surface area contributed by atoms with E-state index in [1.807, 2.05) is 0 Å². The van der Waals surface area contributed by atoms with E-state index in [1.165, 1.54) is 18.2 Å². The van der Waals surface area contributed by atoms with Gasteiger partial charge < -0.3 is 14.6 Å². The van der Waals surface area contributed by atoms with Crippen molar-refractivity contribution in [3.63, 3.8) is 0 Å². The molecule has 24 heavy (non-hydrogen) atoms. The SMILES string of the molecule is O=C(N[C@H]1CN2CCC1CC2)c1ccc(-c2cc(F)cc(F)c2)o1. The average Bonchev–Trinajstić information content (AvgIpc) is 3.05. The summed E-state index contributed by atoms with van der Waals surface area (Å²) < 4.78 is 32.1. The van der Waals surface area contributed by atoms with Crippen molar-refractivity contribution >= 4 is 5.91 Å². The van der Waals surface area contributed by atoms with Crippen LogP contribution in [0.25, 0.3) is 11.3 Å². The molecule has 126 valence electrons. The first-order valence-corrected chi connectivity index (χ1v) is 8.18. The van der Waals surface area contributed by atoms with E-state index in [1.54, 1.807) is 6.07 Å². The Labute approximate surface area is 138 Å². The molecule has 6 heteroatoms. The van der Waals surface area contributed by atoms with Crippen LogP contribution in [0.1, 0.15) is 23.4 Å². The monoisotopic (exact) mass is 332 g/mol. The summed E-state index contributed by atoms with van der Waals surface area (Å²) in [6.07, 6.45) is 2.22. The Morgan fingerprint density at radius 2 is 1.83 bits per heavy atom. The van der Waals surface area contributed by atoms with Crippen LogP contribution >= 0.6 is 0 Å². The van der Waals surface area contributed by atoms with E-state index in [-0.39, 0.29) is 29.0 Å². The normalized spacial score (nSPS) is 25.7. The van der Waals surface area contributed by atoms with Gasteiger partial charge in [-0.25, -0.2) is 8.78 Å². The van der Waals surface area contributed by atoms with Gasteiger partial charge in [-0.3, -0.25) is 4.79 Å². The molecular formula is C18H18F2N2O2. The van der Waals surface area contributed by atoms with Gasteiger partial charge in [-0.15, -0.1) is 0 Å². The Bertz CT molecular complexity index is 746. The van der Waals surface area contributed by atoms with Crippen LogP contribution in [0.15, 0.2) is 34.7 Å². The number of carbonyl (C=O) groups is 1. The van der Waals surface area contributed by atoms with Crippen LogP contribution in [-0.4, -0.2) is 36.5 Å². The number of hydrogen-bond donors (Lipinski definition) is 1. The predicted molar refractivity (Wildman–Crippen MR) is 84.5 cm³/mol. The number of amides is 1. The predicted octanol–water partition coefficient (Wildman–Crippen LogP) is 3.05. The second-order valence-electron chi connectivity index (χ2n) is 6.54. The lowest BCUT2D eigenvalue weighted by atomic mass is 9.84. The molecule has 1 atom stereocenters. The summed E-state index contributed by atoms with van der Waals surface area (Å²) in [4.78, 5) is 14.8. The summed E-state index contributed by atoms with van der Waals surface area (Å²) in [7, 11) is 0. The number of nitrogens with zero attached hydrogens (tertiary/aromatic N) is 1. The fraction of sp³-hybridized carbons (Fsp3) is 0.389. The number of furan rings is 1. The molecule has 1 N–H and O–H groups in total. The third kappa shape index (κ3) is 2.94. The Morgan fingerprint density at radius 3 is 2.46 bits per heavy atom. The van der Waals surface area contributed by atoms with Gasteiger partial charge in [-0.2, -0.15) is 0 Å². The van der Waals surface area contributed by atoms with E-state index in [0.29, 0.717) is 5.92 Å². The van der Waals surface area contributed by atoms with Crippen molar-refractivity contribution in [2.24, 2.45) is 5.92 Å². The Kier molecular flexibility index (Phi) is 3.84. The van der Waals surface area contributed by atoms with Crippen molar-refractivity contribution in [1.82, 2.24) is 10.2 Å². The molecule has 3 saturated heterocycles. The number of rotatable bonds is 3. The van der Waals surface area contributed by atoms with Crippen molar-refractivity contribution in [1.29, 1.82) is 0 Å². The smallest absolute Gasteiger partial charge is 0.287 e. The molecule has 2 bridgehead atoms. The van der Waals surface area contributed by atoms with Crippen LogP contribution in [0.4, 0.5) is 8.78 Å². The van der Waals surface area contributed by atoms with Gasteiger partial charge in [0.15, 0.2) is 5.76 Å². The third-order valence-electron chi connectivity index (χ3n) is 4.95. The topological polar surface area (TPSA) is 45.5 Å². The Balaban J connectivity index is 1.49. The zero-order valence-electron chi connectivity index (χ0n) is 13.1. The lowest BCUT2D eigenvalue weighted by molar-refractivity contribution is 0.0606. The average molecular weight is 332 g/mol. The quantitative estimate of drug-likeness (QED) is 0.940. The molecule has 5 rings (SSSR count). The summed E-state index contributed by atoms with van der Waals surface area (Å²) in [6.45, 7) is 3.08. The van der Waals surface area contributed by atoms with Crippen molar-refractivity contribution in [2.45, 2.75) is 18.9 Å². The minimum Gasteiger partial charge on any atom is -0.451 e. The number of nitrogens with one attached hydrogen (secondary N) is 1. The Morgan fingerprint density at radius 1 is 1.12 bits per heavy atom. The molecular weight excluding hydrogens is 314 g/mol. The van der Waals surface area contributed by atoms with Gasteiger partial charge in [0, 0.05) is 24.2 Å². The zero-order valence-corrected chi connectivity index (χ0v) is 13.1. The van der Waals surface area contributed by atoms with E-state index in [2.05, 4.69) is 10.2 Å². The van der Waals surface area contributed by atoms with Crippen LogP contribution < -0.4 is 5.32 Å². The number of piperidine rings is 3. The molecule has 4 heterocycles. The number of halogens is 2. The number of hydrogen-bond acceptors (Lipinski definition) is 3. The van der Waals surface area contributed by atoms with Gasteiger partial charge in [0.1, 0.15) is 17.4 Å². The second kappa shape index (κ2) is 6.02. The van der Waals surface area contributed by atoms with E-state index in [4.69, 9.17) is 4.42 Å². The molecule has 1 aromatic carbocycles. The number of benzene rings is 1. The van der Waals surface area contributed by atoms with Gasteiger partial charge in [-0.1, -0.05) is 0 Å². The van der Waals surface area contributed by atoms with E-state index in [0.717, 1.165) is 38.5 Å². The molecule has 0 spiro atoms. The maximum absolute atomic E-state index is 13.3. The van der Waals surface area contributed by atoms with Crippen LogP contribution in [-0.2, 0) is 0 Å². The fourth-order valence-electron chi connectivity index (χ4n) is 3.68. The highest BCUT2D eigenvalue weighted by atomic mass is 19.1. The van der Waals surface area contributed by atoms with Crippen molar-refractivity contribution < 1.29 is 18.0 Å². The van der Waals surface area contributed by atoms with Crippen LogP contribution in [0, 0.1) is 17.6 Å². The number of fused-ring (bicyclic) bond motifs is 3. The van der Waals surface area contributed by atoms with Gasteiger partial charge in [0.05, 0.1) is 0 Å². The highest BCUT2D eigenvalue weighted by molar-refractivity contribution is 5.92. The van der Waals surface area contributed by atoms with E-state index in [9.17, 15) is 13.6 Å². The Hall–Kier alpha value is -2.21. The third-order valence-corrected chi connectivity index (χ3v) is 4.95. The minimum absolute atomic E-state index is 0.139. The second-order valence-corrected chi connectivity index (χ2v) is 6.54. The van der Waals surface area contributed by atoms with E-state index < -0.39 is 11.6 Å². The van der Waals surface area contributed by atoms with Gasteiger partial charge in [0.25, 0.3) is 5.91 Å². The molecule has 1 amide bonds. The summed E-state index contributed by atoms with van der Waals surface area (Å²) >= 11 is 0. The first kappa shape index (κ1) is 15.3. The summed E-state index contributed by atoms with van der Waals surface area (Å²) in [5.74, 6) is -0.694. The number of carbonyl (C=O) groups excluding carboxylic acids is 1. The first-order valence-electron chi connectivity index (χ1n) is 8.18. The summed E-state index contributed by atoms with van der Waals surface area (Å²) in [5.41, 5.74) is 0.273. The lowest BCUT2D eigenvalue weighted by Crippen LogP contribution is -2.57. The maximum atomic E-state index is 13.3. The molecule has 1 aromatic heterocycles. The van der Waals surface area contributed by atoms with Crippen molar-refractivity contribution in [3.8, 4) is 11.3 Å². The molecule has 0 radical (unpaired) electrons. The van der Waals surface area contributed by atoms with Crippen LogP contribution in [0.3, 0.4) is 0 Å². The van der Waals surface area contributed by atoms with E-state index >= 15 is 0 Å². The summed E-state index contributed by atoms with van der Waals surface area (Å²) in [6, 6.07) is 6.39. The molecule has 0 unspecified atom stereocenters. The van der Waals surface area contributed by atoms with Crippen molar-refractivity contribution in [2.75, 3.05) is 19.6 Å². The molecule has 3 fully saturated rings. The van der Waals surface area contributed by atoms with Crippen LogP contribution in [0.5, 0.6) is 0 Å². The molecule has 0 saturated carbocycles. The fourth-order valence-corrected chi connectivity index (χ4v) is 3.68. The zero-order chi connectivity index (χ0) is 16.7. The standard InChI is InChI=1S/C18H18F2N2O2/c19-13-7-12(8-14(20)9-13)16-1-2-17(24-16)18(23)21-15-10-22-5-3-11(15)4-6-22/h1-2,7-9,11,15H,3-6,10H2,(H,21,23)/t15-/m0/s1. The molecule has 2 aromatic rings. The van der Waals surface area contributed by atoms with Gasteiger partial charge in [0.2, 0.25) is 0 Å². The highest BCUT2D eigenvalue weighted by Crippen LogP contribution is 2.28. The van der Waals surface area contributed by atoms with Gasteiger partial charge >= 0.3 is 0 Å². The molecule has 0 aliphatic carbocycles. The largest absolute Gasteiger partial charge is 0.451 e. The first-order chi connectivity index (χ1) is 11.6. The highest BCUT2D eigenvalue weighted by Gasteiger charge is 2.35. The molecule has 3 aliphatic heterocycles. The van der Waals surface area contributed by atoms with Crippen molar-refractivity contribution in [3.05, 3.63) is 47.7 Å². The summed E-state index contributed by atoms with van der Waals surface area (Å²) in [5, 5.41) is 3.03. The van der Waals surface area contributed by atoms with Crippen LogP contribution in [0.2, 0.25) is 0 Å². The van der Waals surface area contributed by atoms with Gasteiger partial charge in [-0.05, 0) is 56.1 Å². The molecule has 4 nitrogen and oxygen atoms in total. The molecule has 3 aliphatic rings.